The van der Waals surface area contributed by atoms with Gasteiger partial charge in [-0.25, -0.2) is 0 Å². The minimum Gasteiger partial charge on any atom is -0.381 e. The van der Waals surface area contributed by atoms with Crippen molar-refractivity contribution < 1.29 is 9.13 Å². The van der Waals surface area contributed by atoms with Crippen LogP contribution in [0.2, 0.25) is 0 Å². The number of nitrogens with one attached hydrogen (secondary N) is 1. The first-order valence-electron chi connectivity index (χ1n) is 6.39. The molecule has 18 heavy (non-hydrogen) atoms. The molecule has 1 spiro atoms. The van der Waals surface area contributed by atoms with Gasteiger partial charge in [-0.3, -0.25) is 9.38 Å². The zero-order valence-electron chi connectivity index (χ0n) is 11.0. The molecule has 2 fully saturated rings. The van der Waals surface area contributed by atoms with Gasteiger partial charge in [-0.2, -0.15) is 0 Å². The van der Waals surface area contributed by atoms with E-state index in [-0.39, 0.29) is 30.7 Å². The van der Waals surface area contributed by atoms with E-state index in [9.17, 15) is 4.39 Å². The number of nitrogens with zero attached hydrogens (tertiary/aromatic N) is 2. The van der Waals surface area contributed by atoms with E-state index in [1.54, 1.807) is 7.05 Å². The molecule has 2 aliphatic rings. The monoisotopic (exact) mass is 371 g/mol. The summed E-state index contributed by atoms with van der Waals surface area (Å²) in [6.45, 7) is 4.19. The highest BCUT2D eigenvalue weighted by molar-refractivity contribution is 14.0. The van der Waals surface area contributed by atoms with Crippen LogP contribution in [0.25, 0.3) is 0 Å². The molecule has 2 aliphatic heterocycles. The second-order valence-corrected chi connectivity index (χ2v) is 4.99. The van der Waals surface area contributed by atoms with E-state index in [0.29, 0.717) is 18.4 Å². The highest BCUT2D eigenvalue weighted by Gasteiger charge is 2.42. The van der Waals surface area contributed by atoms with Crippen molar-refractivity contribution in [1.29, 1.82) is 0 Å². The number of aliphatic imine (C=N–C) groups is 1. The molecule has 6 heteroatoms. The normalized spacial score (nSPS) is 27.7. The lowest BCUT2D eigenvalue weighted by molar-refractivity contribution is 0.156. The van der Waals surface area contributed by atoms with Gasteiger partial charge in [-0.15, -0.1) is 24.0 Å². The first-order chi connectivity index (χ1) is 8.29. The van der Waals surface area contributed by atoms with Gasteiger partial charge in [0.05, 0.1) is 13.3 Å². The van der Waals surface area contributed by atoms with Gasteiger partial charge in [-0.05, 0) is 19.3 Å². The quantitative estimate of drug-likeness (QED) is 0.355. The predicted molar refractivity (Wildman–Crippen MR) is 81.4 cm³/mol. The summed E-state index contributed by atoms with van der Waals surface area (Å²) in [7, 11) is 1.79. The fourth-order valence-electron chi connectivity index (χ4n) is 2.69. The van der Waals surface area contributed by atoms with Crippen molar-refractivity contribution in [2.75, 3.05) is 46.6 Å². The zero-order chi connectivity index (χ0) is 12.1. The summed E-state index contributed by atoms with van der Waals surface area (Å²) in [4.78, 5) is 6.54. The third kappa shape index (κ3) is 3.69. The van der Waals surface area contributed by atoms with Crippen LogP contribution in [0.5, 0.6) is 0 Å². The summed E-state index contributed by atoms with van der Waals surface area (Å²) >= 11 is 0. The average Bonchev–Trinajstić information content (AvgIpc) is 2.96. The summed E-state index contributed by atoms with van der Waals surface area (Å²) in [5.41, 5.74) is 0.345. The molecule has 0 aromatic heterocycles. The van der Waals surface area contributed by atoms with E-state index < -0.39 is 0 Å². The number of halogens is 2. The first kappa shape index (κ1) is 15.9. The molecule has 106 valence electrons. The van der Waals surface area contributed by atoms with Gasteiger partial charge in [0.15, 0.2) is 5.96 Å². The summed E-state index contributed by atoms with van der Waals surface area (Å²) in [6.07, 6.45) is 2.88. The van der Waals surface area contributed by atoms with Crippen molar-refractivity contribution in [2.24, 2.45) is 10.4 Å². The SMILES string of the molecule is CN=C(NCCCF)N1CCC2(CCOC2)C1.I. The van der Waals surface area contributed by atoms with Gasteiger partial charge in [-0.1, -0.05) is 0 Å². The van der Waals surface area contributed by atoms with Crippen LogP contribution in [0.4, 0.5) is 4.39 Å². The molecule has 0 amide bonds. The number of rotatable bonds is 3. The maximum Gasteiger partial charge on any atom is 0.193 e. The van der Waals surface area contributed by atoms with Gasteiger partial charge in [0.1, 0.15) is 0 Å². The average molecular weight is 371 g/mol. The minimum absolute atomic E-state index is 0. The maximum absolute atomic E-state index is 12.1. The number of hydrogen-bond donors (Lipinski definition) is 1. The molecule has 0 bridgehead atoms. The Hall–Kier alpha value is -0.110. The van der Waals surface area contributed by atoms with Crippen molar-refractivity contribution in [3.63, 3.8) is 0 Å². The second kappa shape index (κ2) is 7.47. The van der Waals surface area contributed by atoms with Crippen molar-refractivity contribution >= 4 is 29.9 Å². The molecular formula is C12H23FIN3O. The fourth-order valence-corrected chi connectivity index (χ4v) is 2.69. The molecule has 2 saturated heterocycles. The third-order valence-electron chi connectivity index (χ3n) is 3.73. The Morgan fingerprint density at radius 2 is 2.33 bits per heavy atom. The van der Waals surface area contributed by atoms with E-state index in [1.807, 2.05) is 0 Å². The number of hydrogen-bond acceptors (Lipinski definition) is 2. The lowest BCUT2D eigenvalue weighted by Crippen LogP contribution is -2.41. The lowest BCUT2D eigenvalue weighted by Gasteiger charge is -2.24. The molecule has 1 atom stereocenters. The molecule has 0 radical (unpaired) electrons. The van der Waals surface area contributed by atoms with Gasteiger partial charge in [0.25, 0.3) is 0 Å². The van der Waals surface area contributed by atoms with Crippen molar-refractivity contribution in [3.8, 4) is 0 Å². The highest BCUT2D eigenvalue weighted by atomic mass is 127. The molecule has 4 nitrogen and oxygen atoms in total. The van der Waals surface area contributed by atoms with Crippen LogP contribution in [0.3, 0.4) is 0 Å². The Kier molecular flexibility index (Phi) is 6.62. The molecule has 0 aromatic rings. The largest absolute Gasteiger partial charge is 0.381 e. The van der Waals surface area contributed by atoms with Crippen molar-refractivity contribution in [1.82, 2.24) is 10.2 Å². The maximum atomic E-state index is 12.1. The summed E-state index contributed by atoms with van der Waals surface area (Å²) in [6, 6.07) is 0. The predicted octanol–water partition coefficient (Wildman–Crippen LogP) is 1.65. The molecule has 1 unspecified atom stereocenters. The molecule has 0 aromatic carbocycles. The van der Waals surface area contributed by atoms with Crippen LogP contribution in [0.15, 0.2) is 4.99 Å². The third-order valence-corrected chi connectivity index (χ3v) is 3.73. The van der Waals surface area contributed by atoms with E-state index in [1.165, 1.54) is 6.42 Å². The molecule has 2 heterocycles. The number of alkyl halides is 1. The first-order valence-corrected chi connectivity index (χ1v) is 6.39. The van der Waals surface area contributed by atoms with Crippen LogP contribution in [0.1, 0.15) is 19.3 Å². The molecule has 1 N–H and O–H groups in total. The Labute approximate surface area is 125 Å². The summed E-state index contributed by atoms with van der Waals surface area (Å²) in [5, 5.41) is 3.21. The molecule has 0 aliphatic carbocycles. The lowest BCUT2D eigenvalue weighted by atomic mass is 9.87. The number of ether oxygens (including phenoxy) is 1. The molecule has 2 rings (SSSR count). The van der Waals surface area contributed by atoms with Crippen LogP contribution >= 0.6 is 24.0 Å². The summed E-state index contributed by atoms with van der Waals surface area (Å²) in [5.74, 6) is 0.905. The van der Waals surface area contributed by atoms with Crippen molar-refractivity contribution in [2.45, 2.75) is 19.3 Å². The van der Waals surface area contributed by atoms with Crippen LogP contribution in [-0.4, -0.2) is 57.4 Å². The fraction of sp³-hybridized carbons (Fsp3) is 0.917. The van der Waals surface area contributed by atoms with Gasteiger partial charge in [0.2, 0.25) is 0 Å². The second-order valence-electron chi connectivity index (χ2n) is 4.99. The van der Waals surface area contributed by atoms with E-state index >= 15 is 0 Å². The highest BCUT2D eigenvalue weighted by Crippen LogP contribution is 2.37. The van der Waals surface area contributed by atoms with Gasteiger partial charge in [0, 0.05) is 38.7 Å². The van der Waals surface area contributed by atoms with E-state index in [4.69, 9.17) is 4.74 Å². The van der Waals surface area contributed by atoms with Crippen molar-refractivity contribution in [3.05, 3.63) is 0 Å². The number of likely N-dealkylation sites (tertiary alicyclic amines) is 1. The van der Waals surface area contributed by atoms with Gasteiger partial charge < -0.3 is 15.0 Å². The molecular weight excluding hydrogens is 348 g/mol. The Morgan fingerprint density at radius 1 is 1.50 bits per heavy atom. The topological polar surface area (TPSA) is 36.9 Å². The van der Waals surface area contributed by atoms with E-state index in [0.717, 1.165) is 38.7 Å². The Balaban J connectivity index is 0.00000162. The minimum atomic E-state index is -0.276. The standard InChI is InChI=1S/C12H22FN3O.HI/c1-14-11(15-6-2-5-13)16-7-3-12(9-16)4-8-17-10-12;/h2-10H2,1H3,(H,14,15);1H. The Morgan fingerprint density at radius 3 is 2.94 bits per heavy atom. The smallest absolute Gasteiger partial charge is 0.193 e. The van der Waals surface area contributed by atoms with Crippen LogP contribution in [0, 0.1) is 5.41 Å². The Bertz CT molecular complexity index is 282. The molecule has 0 saturated carbocycles. The number of guanidine groups is 1. The van der Waals surface area contributed by atoms with Crippen LogP contribution in [-0.2, 0) is 4.74 Å². The van der Waals surface area contributed by atoms with Crippen LogP contribution < -0.4 is 5.32 Å². The van der Waals surface area contributed by atoms with E-state index in [2.05, 4.69) is 15.2 Å². The summed E-state index contributed by atoms with van der Waals surface area (Å²) < 4.78 is 17.6. The van der Waals surface area contributed by atoms with Gasteiger partial charge >= 0.3 is 0 Å². The zero-order valence-corrected chi connectivity index (χ0v) is 13.3.